The van der Waals surface area contributed by atoms with Crippen LogP contribution in [0.4, 0.5) is 0 Å². The van der Waals surface area contributed by atoms with Crippen LogP contribution in [0.3, 0.4) is 0 Å². The molecule has 0 N–H and O–H groups in total. The van der Waals surface area contributed by atoms with E-state index in [1.807, 2.05) is 34.7 Å². The van der Waals surface area contributed by atoms with E-state index in [4.69, 9.17) is 0 Å². The minimum Gasteiger partial charge on any atom is -0.147 e. The first kappa shape index (κ1) is 23.8. The average molecular weight is 226 g/mol. The molecule has 0 aliphatic rings. The Morgan fingerprint density at radius 1 is 1.00 bits per heavy atom. The smallest absolute Gasteiger partial charge is 0.147 e. The zero-order valence-corrected chi connectivity index (χ0v) is 8.72. The van der Waals surface area contributed by atoms with Gasteiger partial charge < -0.3 is 0 Å². The van der Waals surface area contributed by atoms with Crippen LogP contribution in [-0.2, 0) is 0 Å². The van der Waals surface area contributed by atoms with Gasteiger partial charge in [-0.1, -0.05) is 0 Å². The molecule has 0 heterocycles. The fourth-order valence-corrected chi connectivity index (χ4v) is 0. The Morgan fingerprint density at radius 2 is 1.00 bits per heavy atom. The van der Waals surface area contributed by atoms with Crippen molar-refractivity contribution in [2.75, 3.05) is 14.1 Å². The van der Waals surface area contributed by atoms with E-state index in [0.29, 0.717) is 0 Å². The van der Waals surface area contributed by atoms with Crippen LogP contribution in [0, 0.1) is 0 Å². The van der Waals surface area contributed by atoms with Crippen molar-refractivity contribution in [2.45, 2.75) is 0 Å². The van der Waals surface area contributed by atoms with Gasteiger partial charge in [-0.3, -0.25) is 0 Å². The molecule has 0 saturated heterocycles. The zero-order valence-electron chi connectivity index (χ0n) is 4.17. The van der Waals surface area contributed by atoms with E-state index in [1.165, 1.54) is 0 Å². The van der Waals surface area contributed by atoms with Gasteiger partial charge in [0.15, 0.2) is 0 Å². The van der Waals surface area contributed by atoms with Crippen molar-refractivity contribution in [3.05, 3.63) is 0 Å². The van der Waals surface area contributed by atoms with Crippen LogP contribution in [-0.4, -0.2) is 34.7 Å². The summed E-state index contributed by atoms with van der Waals surface area (Å²) < 4.78 is 2.00. The summed E-state index contributed by atoms with van der Waals surface area (Å²) in [6.07, 6.45) is 0. The van der Waals surface area contributed by atoms with Gasteiger partial charge in [-0.25, -0.2) is 0 Å². The second-order valence-corrected chi connectivity index (χ2v) is 2.77. The van der Waals surface area contributed by atoms with Gasteiger partial charge in [0.25, 0.3) is 0 Å². The predicted molar refractivity (Wildman–Crippen MR) is 41.2 cm³/mol. The van der Waals surface area contributed by atoms with E-state index in [9.17, 15) is 0 Å². The Morgan fingerprint density at radius 3 is 1.00 bits per heavy atom. The summed E-state index contributed by atoms with van der Waals surface area (Å²) in [6, 6.07) is 0. The van der Waals surface area contributed by atoms with Crippen molar-refractivity contribution in [2.24, 2.45) is 0 Å². The van der Waals surface area contributed by atoms with Gasteiger partial charge >= 0.3 is 34.7 Å². The predicted octanol–water partition coefficient (Wildman–Crippen LogP) is 0.897. The molecule has 0 fully saturated rings. The van der Waals surface area contributed by atoms with Crippen LogP contribution in [0.1, 0.15) is 0 Å². The first-order chi connectivity index (χ1) is 1.73. The number of halogens is 3. The van der Waals surface area contributed by atoms with Crippen molar-refractivity contribution >= 4 is 54.0 Å². The number of hydrogen-bond donors (Lipinski definition) is 0. The van der Waals surface area contributed by atoms with Crippen LogP contribution in [0.25, 0.3) is 0 Å². The Balaban J connectivity index is -0.0000000150. The molecule has 0 amide bonds. The number of hydrogen-bond acceptors (Lipinski definition) is 1. The largest absolute Gasteiger partial charge is 0.147 e. The van der Waals surface area contributed by atoms with E-state index in [0.717, 1.165) is 0 Å². The Kier molecular flexibility index (Phi) is 53.2. The second-order valence-electron chi connectivity index (χ2n) is 0.894. The molecule has 0 rings (SSSR count). The average Bonchev–Trinajstić information content (AvgIpc) is 0.811. The van der Waals surface area contributed by atoms with E-state index in [-0.39, 0.29) is 37.2 Å². The third-order valence-corrected chi connectivity index (χ3v) is 0. The monoisotopic (exact) mass is 226 g/mol. The standard InChI is InChI=1S/C2H6GeN.3ClH/c1-4(2)3;;;/h1-2H3;3*1H. The van der Waals surface area contributed by atoms with Crippen LogP contribution in [0.15, 0.2) is 0 Å². The second kappa shape index (κ2) is 15.7. The van der Waals surface area contributed by atoms with E-state index < -0.39 is 0 Å². The molecule has 0 aromatic carbocycles. The molecule has 0 aromatic heterocycles. The molecule has 7 heavy (non-hydrogen) atoms. The maximum atomic E-state index is 2.00. The Bertz CT molecular complexity index is 17.7. The third kappa shape index (κ3) is 113. The van der Waals surface area contributed by atoms with Crippen molar-refractivity contribution in [3.63, 3.8) is 0 Å². The molecular formula is C2H9Cl3GeN. The van der Waals surface area contributed by atoms with Gasteiger partial charge in [0.2, 0.25) is 0 Å². The fourth-order valence-electron chi connectivity index (χ4n) is 0. The molecule has 0 atom stereocenters. The van der Waals surface area contributed by atoms with E-state index in [2.05, 4.69) is 0 Å². The summed E-state index contributed by atoms with van der Waals surface area (Å²) in [5, 5.41) is 0. The van der Waals surface area contributed by atoms with Crippen molar-refractivity contribution in [1.29, 1.82) is 0 Å². The van der Waals surface area contributed by atoms with Crippen molar-refractivity contribution in [3.8, 4) is 0 Å². The van der Waals surface area contributed by atoms with Gasteiger partial charge in [0.1, 0.15) is 0 Å². The molecule has 0 aliphatic carbocycles. The van der Waals surface area contributed by atoms with Crippen molar-refractivity contribution < 1.29 is 0 Å². The molecule has 5 heteroatoms. The summed E-state index contributed by atoms with van der Waals surface area (Å²) >= 11 is 2.00. The molecule has 1 nitrogen and oxygen atoms in total. The zero-order chi connectivity index (χ0) is 3.58. The number of nitrogens with zero attached hydrogens (tertiary/aromatic N) is 1. The number of rotatable bonds is 0. The summed E-state index contributed by atoms with van der Waals surface area (Å²) in [6.45, 7) is 0. The molecule has 0 aliphatic heterocycles. The van der Waals surface area contributed by atoms with Gasteiger partial charge in [0, 0.05) is 0 Å². The van der Waals surface area contributed by atoms with E-state index >= 15 is 0 Å². The summed E-state index contributed by atoms with van der Waals surface area (Å²) in [5.74, 6) is 0. The third-order valence-electron chi connectivity index (χ3n) is 0. The molecule has 0 unspecified atom stereocenters. The molecule has 0 saturated carbocycles. The van der Waals surface area contributed by atoms with Gasteiger partial charge in [-0.05, 0) is 0 Å². The first-order valence-corrected chi connectivity index (χ1v) is 2.06. The molecule has 0 bridgehead atoms. The Labute approximate surface area is 71.9 Å². The van der Waals surface area contributed by atoms with Gasteiger partial charge in [0.05, 0.1) is 0 Å². The molecule has 47 valence electrons. The van der Waals surface area contributed by atoms with Crippen LogP contribution in [0.5, 0.6) is 0 Å². The molecule has 0 spiro atoms. The van der Waals surface area contributed by atoms with E-state index in [1.54, 1.807) is 0 Å². The maximum Gasteiger partial charge on any atom is -0.147 e. The maximum absolute atomic E-state index is 2.00. The molecule has 3 radical (unpaired) electrons. The summed E-state index contributed by atoms with van der Waals surface area (Å²) in [4.78, 5) is 0. The van der Waals surface area contributed by atoms with Crippen molar-refractivity contribution in [1.82, 2.24) is 3.86 Å². The van der Waals surface area contributed by atoms with Crippen LogP contribution in [0.2, 0.25) is 0 Å². The SMILES string of the molecule is C[N](C)[Ge].Cl.Cl.Cl. The molecule has 0 aromatic rings. The summed E-state index contributed by atoms with van der Waals surface area (Å²) in [7, 11) is 4.00. The molecular weight excluding hydrogens is 217 g/mol. The topological polar surface area (TPSA) is 3.24 Å². The van der Waals surface area contributed by atoms with Gasteiger partial charge in [-0.2, -0.15) is 0 Å². The van der Waals surface area contributed by atoms with Gasteiger partial charge in [-0.15, -0.1) is 37.2 Å². The van der Waals surface area contributed by atoms with Crippen LogP contribution < -0.4 is 0 Å². The van der Waals surface area contributed by atoms with Crippen LogP contribution >= 0.6 is 37.2 Å². The normalized spacial score (nSPS) is 5.14. The Hall–Kier alpha value is 1.37. The quantitative estimate of drug-likeness (QED) is 0.554. The minimum atomic E-state index is 0. The summed E-state index contributed by atoms with van der Waals surface area (Å²) in [5.41, 5.74) is 0. The minimum absolute atomic E-state index is 0. The first-order valence-electron chi connectivity index (χ1n) is 1.12. The fraction of sp³-hybridized carbons (Fsp3) is 1.00.